The van der Waals surface area contributed by atoms with Crippen molar-refractivity contribution in [3.05, 3.63) is 76.6 Å². The summed E-state index contributed by atoms with van der Waals surface area (Å²) >= 11 is 6.83. The van der Waals surface area contributed by atoms with E-state index in [1.165, 1.54) is 18.2 Å². The average Bonchev–Trinajstić information content (AvgIpc) is 3.24. The highest BCUT2D eigenvalue weighted by Crippen LogP contribution is 2.23. The molecule has 0 aliphatic heterocycles. The Hall–Kier alpha value is -2.88. The fraction of sp³-hybridized carbons (Fsp3) is 0.0526. The Labute approximate surface area is 176 Å². The van der Waals surface area contributed by atoms with Crippen molar-refractivity contribution >= 4 is 56.2 Å². The van der Waals surface area contributed by atoms with Crippen LogP contribution in [0.4, 0.5) is 11.4 Å². The lowest BCUT2D eigenvalue weighted by molar-refractivity contribution is -0.119. The Morgan fingerprint density at radius 1 is 1.00 bits per heavy atom. The van der Waals surface area contributed by atoms with E-state index in [-0.39, 0.29) is 15.5 Å². The number of hydrogen-bond acceptors (Lipinski definition) is 6. The van der Waals surface area contributed by atoms with Crippen LogP contribution in [-0.4, -0.2) is 26.9 Å². The van der Waals surface area contributed by atoms with E-state index in [9.17, 15) is 18.0 Å². The van der Waals surface area contributed by atoms with E-state index in [1.807, 2.05) is 0 Å². The lowest BCUT2D eigenvalue weighted by atomic mass is 10.2. The zero-order chi connectivity index (χ0) is 20.9. The summed E-state index contributed by atoms with van der Waals surface area (Å²) in [6.45, 7) is -0.534. The minimum Gasteiger partial charge on any atom is -0.452 e. The number of amides is 1. The number of carbonyl (C=O) groups is 2. The molecule has 3 aromatic rings. The highest BCUT2D eigenvalue weighted by Gasteiger charge is 2.20. The SMILES string of the molecule is O=C(COC(=O)c1ccccc1NS(=O)(=O)c1cccs1)Nc1ccc(Cl)cc1. The van der Waals surface area contributed by atoms with E-state index >= 15 is 0 Å². The Morgan fingerprint density at radius 3 is 2.41 bits per heavy atom. The lowest BCUT2D eigenvalue weighted by Gasteiger charge is -2.11. The van der Waals surface area contributed by atoms with Gasteiger partial charge in [0.15, 0.2) is 6.61 Å². The topological polar surface area (TPSA) is 102 Å². The van der Waals surface area contributed by atoms with Gasteiger partial charge in [-0.2, -0.15) is 0 Å². The van der Waals surface area contributed by atoms with E-state index in [1.54, 1.807) is 47.8 Å². The molecule has 2 aromatic carbocycles. The number of rotatable bonds is 7. The molecule has 0 saturated carbocycles. The monoisotopic (exact) mass is 450 g/mol. The van der Waals surface area contributed by atoms with Crippen molar-refractivity contribution in [3.63, 3.8) is 0 Å². The van der Waals surface area contributed by atoms with Gasteiger partial charge in [0.2, 0.25) is 0 Å². The first-order valence-corrected chi connectivity index (χ1v) is 11.0. The second kappa shape index (κ2) is 9.08. The summed E-state index contributed by atoms with van der Waals surface area (Å²) in [5.41, 5.74) is 0.551. The Morgan fingerprint density at radius 2 is 1.72 bits per heavy atom. The van der Waals surface area contributed by atoms with Crippen molar-refractivity contribution in [1.29, 1.82) is 0 Å². The molecule has 3 rings (SSSR count). The van der Waals surface area contributed by atoms with Crippen LogP contribution in [0.5, 0.6) is 0 Å². The highest BCUT2D eigenvalue weighted by molar-refractivity contribution is 7.94. The maximum absolute atomic E-state index is 12.4. The van der Waals surface area contributed by atoms with Crippen molar-refractivity contribution in [2.75, 3.05) is 16.6 Å². The molecular formula is C19H15ClN2O5S2. The lowest BCUT2D eigenvalue weighted by Crippen LogP contribution is -2.22. The molecule has 0 radical (unpaired) electrons. The molecule has 10 heteroatoms. The van der Waals surface area contributed by atoms with Gasteiger partial charge in [0.05, 0.1) is 11.3 Å². The maximum atomic E-state index is 12.4. The summed E-state index contributed by atoms with van der Waals surface area (Å²) in [6, 6.07) is 15.5. The Balaban J connectivity index is 1.65. The number of hydrogen-bond donors (Lipinski definition) is 2. The average molecular weight is 451 g/mol. The number of esters is 1. The predicted molar refractivity (Wildman–Crippen MR) is 112 cm³/mol. The summed E-state index contributed by atoms with van der Waals surface area (Å²) in [5.74, 6) is -1.38. The summed E-state index contributed by atoms with van der Waals surface area (Å²) in [6.07, 6.45) is 0. The number of sulfonamides is 1. The van der Waals surface area contributed by atoms with Crippen LogP contribution in [0.1, 0.15) is 10.4 Å². The number of para-hydroxylation sites is 1. The van der Waals surface area contributed by atoms with Gasteiger partial charge in [-0.1, -0.05) is 29.8 Å². The fourth-order valence-electron chi connectivity index (χ4n) is 2.30. The molecule has 1 heterocycles. The summed E-state index contributed by atoms with van der Waals surface area (Å²) in [5, 5.41) is 4.72. The van der Waals surface area contributed by atoms with Gasteiger partial charge in [0.25, 0.3) is 15.9 Å². The molecule has 1 aromatic heterocycles. The van der Waals surface area contributed by atoms with Crippen molar-refractivity contribution in [2.24, 2.45) is 0 Å². The zero-order valence-electron chi connectivity index (χ0n) is 14.8. The smallest absolute Gasteiger partial charge is 0.340 e. The number of nitrogens with one attached hydrogen (secondary N) is 2. The third-order valence-electron chi connectivity index (χ3n) is 3.61. The number of ether oxygens (including phenoxy) is 1. The van der Waals surface area contributed by atoms with Gasteiger partial charge >= 0.3 is 5.97 Å². The fourth-order valence-corrected chi connectivity index (χ4v) is 4.50. The molecular weight excluding hydrogens is 436 g/mol. The molecule has 0 unspecified atom stereocenters. The third-order valence-corrected chi connectivity index (χ3v) is 6.63. The van der Waals surface area contributed by atoms with Crippen LogP contribution < -0.4 is 10.0 Å². The largest absolute Gasteiger partial charge is 0.452 e. The molecule has 0 saturated heterocycles. The second-order valence-electron chi connectivity index (χ2n) is 5.71. The number of anilines is 2. The molecule has 150 valence electrons. The zero-order valence-corrected chi connectivity index (χ0v) is 17.2. The number of thiophene rings is 1. The van der Waals surface area contributed by atoms with E-state index in [4.69, 9.17) is 16.3 Å². The highest BCUT2D eigenvalue weighted by atomic mass is 35.5. The van der Waals surface area contributed by atoms with Crippen molar-refractivity contribution in [1.82, 2.24) is 0 Å². The summed E-state index contributed by atoms with van der Waals surface area (Å²) < 4.78 is 32.3. The predicted octanol–water partition coefficient (Wildman–Crippen LogP) is 4.00. The molecule has 0 atom stereocenters. The van der Waals surface area contributed by atoms with Gasteiger partial charge in [-0.15, -0.1) is 11.3 Å². The summed E-state index contributed by atoms with van der Waals surface area (Å²) in [7, 11) is -3.83. The molecule has 7 nitrogen and oxygen atoms in total. The molecule has 0 aliphatic carbocycles. The first-order valence-electron chi connectivity index (χ1n) is 8.23. The van der Waals surface area contributed by atoms with Crippen LogP contribution >= 0.6 is 22.9 Å². The molecule has 0 aliphatic rings. The van der Waals surface area contributed by atoms with Gasteiger partial charge in [0.1, 0.15) is 4.21 Å². The molecule has 29 heavy (non-hydrogen) atoms. The van der Waals surface area contributed by atoms with E-state index in [0.29, 0.717) is 10.7 Å². The maximum Gasteiger partial charge on any atom is 0.340 e. The van der Waals surface area contributed by atoms with Crippen LogP contribution in [-0.2, 0) is 19.6 Å². The van der Waals surface area contributed by atoms with Gasteiger partial charge in [-0.25, -0.2) is 13.2 Å². The van der Waals surface area contributed by atoms with Crippen molar-refractivity contribution in [3.8, 4) is 0 Å². The minimum absolute atomic E-state index is 0.00748. The minimum atomic E-state index is -3.83. The van der Waals surface area contributed by atoms with Crippen LogP contribution in [0, 0.1) is 0 Å². The van der Waals surface area contributed by atoms with E-state index < -0.39 is 28.5 Å². The molecule has 1 amide bonds. The van der Waals surface area contributed by atoms with Gasteiger partial charge in [-0.3, -0.25) is 9.52 Å². The first kappa shape index (κ1) is 20.8. The molecule has 0 fully saturated rings. The van der Waals surface area contributed by atoms with Crippen LogP contribution in [0.15, 0.2) is 70.3 Å². The van der Waals surface area contributed by atoms with Crippen LogP contribution in [0.2, 0.25) is 5.02 Å². The Bertz CT molecular complexity index is 1110. The van der Waals surface area contributed by atoms with Gasteiger partial charge in [-0.05, 0) is 47.8 Å². The summed E-state index contributed by atoms with van der Waals surface area (Å²) in [4.78, 5) is 24.4. The van der Waals surface area contributed by atoms with Crippen LogP contribution in [0.25, 0.3) is 0 Å². The second-order valence-corrected chi connectivity index (χ2v) is 9.01. The third kappa shape index (κ3) is 5.57. The number of halogens is 1. The van der Waals surface area contributed by atoms with Crippen LogP contribution in [0.3, 0.4) is 0 Å². The quantitative estimate of drug-likeness (QED) is 0.530. The van der Waals surface area contributed by atoms with Gasteiger partial charge < -0.3 is 10.1 Å². The Kier molecular flexibility index (Phi) is 6.53. The normalized spacial score (nSPS) is 10.9. The van der Waals surface area contributed by atoms with Crippen molar-refractivity contribution < 1.29 is 22.7 Å². The number of carbonyl (C=O) groups excluding carboxylic acids is 2. The number of benzene rings is 2. The molecule has 2 N–H and O–H groups in total. The first-order chi connectivity index (χ1) is 13.8. The van der Waals surface area contributed by atoms with Crippen molar-refractivity contribution in [2.45, 2.75) is 4.21 Å². The van der Waals surface area contributed by atoms with Gasteiger partial charge in [0, 0.05) is 10.7 Å². The standard InChI is InChI=1S/C19H15ClN2O5S2/c20-13-7-9-14(10-8-13)21-17(23)12-27-19(24)15-4-1-2-5-16(15)22-29(25,26)18-6-3-11-28-18/h1-11,22H,12H2,(H,21,23). The van der Waals surface area contributed by atoms with E-state index in [0.717, 1.165) is 11.3 Å². The molecule has 0 bridgehead atoms. The molecule has 0 spiro atoms. The van der Waals surface area contributed by atoms with E-state index in [2.05, 4.69) is 10.0 Å².